The first-order valence-corrected chi connectivity index (χ1v) is 11.5. The maximum Gasteiger partial charge on any atom is 0.338 e. The first kappa shape index (κ1) is 24.7. The quantitative estimate of drug-likeness (QED) is 0.349. The van der Waals surface area contributed by atoms with Gasteiger partial charge in [0.05, 0.1) is 17.4 Å². The second-order valence-electron chi connectivity index (χ2n) is 8.17. The fraction of sp³-hybridized carbons (Fsp3) is 0.111. The minimum absolute atomic E-state index is 0.141. The van der Waals surface area contributed by atoms with E-state index in [1.807, 2.05) is 6.07 Å². The van der Waals surface area contributed by atoms with Crippen LogP contribution in [0.1, 0.15) is 34.6 Å². The molecule has 4 rings (SSSR count). The van der Waals surface area contributed by atoms with E-state index in [9.17, 15) is 19.2 Å². The third-order valence-electron chi connectivity index (χ3n) is 5.14. The topological polar surface area (TPSA) is 105 Å². The van der Waals surface area contributed by atoms with Crippen LogP contribution in [0.5, 0.6) is 0 Å². The van der Waals surface area contributed by atoms with E-state index < -0.39 is 17.8 Å². The molecule has 0 bridgehead atoms. The third kappa shape index (κ3) is 5.29. The molecule has 3 aromatic rings. The lowest BCUT2D eigenvalue weighted by Gasteiger charge is -2.16. The van der Waals surface area contributed by atoms with E-state index in [-0.39, 0.29) is 34.0 Å². The van der Waals surface area contributed by atoms with Crippen molar-refractivity contribution in [1.29, 1.82) is 0 Å². The Kier molecular flexibility index (Phi) is 7.17. The summed E-state index contributed by atoms with van der Waals surface area (Å²) in [6.45, 7) is 3.44. The Morgan fingerprint density at radius 2 is 1.50 bits per heavy atom. The maximum atomic E-state index is 13.2. The van der Waals surface area contributed by atoms with Gasteiger partial charge in [-0.05, 0) is 62.4 Å². The molecule has 0 aliphatic carbocycles. The van der Waals surface area contributed by atoms with Crippen LogP contribution in [-0.4, -0.2) is 29.8 Å². The molecule has 3 amide bonds. The molecule has 0 unspecified atom stereocenters. The Labute approximate surface area is 212 Å². The molecule has 0 radical (unpaired) electrons. The van der Waals surface area contributed by atoms with Gasteiger partial charge >= 0.3 is 5.97 Å². The summed E-state index contributed by atoms with van der Waals surface area (Å²) in [6, 6.07) is 21.4. The van der Waals surface area contributed by atoms with Gasteiger partial charge < -0.3 is 15.4 Å². The SMILES string of the molecule is CC(C)OC(=O)c1cccc(N2C(=O)C(Cl)=C(Nc3cccc(C(=O)Nc4ccccc4)c3)C2=O)c1. The van der Waals surface area contributed by atoms with Gasteiger partial charge in [-0.2, -0.15) is 0 Å². The van der Waals surface area contributed by atoms with Crippen molar-refractivity contribution in [2.24, 2.45) is 0 Å². The predicted octanol–water partition coefficient (Wildman–Crippen LogP) is 4.94. The number of ether oxygens (including phenoxy) is 1. The lowest BCUT2D eigenvalue weighted by molar-refractivity contribution is -0.120. The van der Waals surface area contributed by atoms with Gasteiger partial charge in [0.15, 0.2) is 0 Å². The number of nitrogens with zero attached hydrogens (tertiary/aromatic N) is 1. The molecule has 0 aromatic heterocycles. The summed E-state index contributed by atoms with van der Waals surface area (Å²) < 4.78 is 5.19. The molecular weight excluding hydrogens is 482 g/mol. The largest absolute Gasteiger partial charge is 0.459 e. The molecular formula is C27H22ClN3O5. The van der Waals surface area contributed by atoms with Gasteiger partial charge in [-0.3, -0.25) is 14.4 Å². The molecule has 0 spiro atoms. The number of carbonyl (C=O) groups is 4. The van der Waals surface area contributed by atoms with Crippen molar-refractivity contribution in [3.05, 3.63) is 101 Å². The summed E-state index contributed by atoms with van der Waals surface area (Å²) in [5.74, 6) is -2.35. The fourth-order valence-electron chi connectivity index (χ4n) is 3.51. The van der Waals surface area contributed by atoms with E-state index in [2.05, 4.69) is 10.6 Å². The van der Waals surface area contributed by atoms with Gasteiger partial charge in [0, 0.05) is 16.9 Å². The summed E-state index contributed by atoms with van der Waals surface area (Å²) in [7, 11) is 0. The van der Waals surface area contributed by atoms with Crippen molar-refractivity contribution >= 4 is 52.4 Å². The number of hydrogen-bond acceptors (Lipinski definition) is 6. The summed E-state index contributed by atoms with van der Waals surface area (Å²) in [4.78, 5) is 51.8. The van der Waals surface area contributed by atoms with Gasteiger partial charge in [0.1, 0.15) is 10.7 Å². The molecule has 1 aliphatic heterocycles. The van der Waals surface area contributed by atoms with Crippen molar-refractivity contribution in [3.8, 4) is 0 Å². The van der Waals surface area contributed by atoms with E-state index in [1.54, 1.807) is 68.4 Å². The molecule has 3 aromatic carbocycles. The van der Waals surface area contributed by atoms with Crippen LogP contribution in [0.3, 0.4) is 0 Å². The number of para-hydroxylation sites is 1. The number of amides is 3. The van der Waals surface area contributed by atoms with Crippen LogP contribution in [0, 0.1) is 0 Å². The first-order chi connectivity index (χ1) is 17.2. The monoisotopic (exact) mass is 503 g/mol. The minimum atomic E-state index is -0.739. The molecule has 8 nitrogen and oxygen atoms in total. The smallest absolute Gasteiger partial charge is 0.338 e. The van der Waals surface area contributed by atoms with Crippen LogP contribution in [0.2, 0.25) is 0 Å². The Morgan fingerprint density at radius 3 is 2.22 bits per heavy atom. The summed E-state index contributed by atoms with van der Waals surface area (Å²) in [5, 5.41) is 5.33. The molecule has 182 valence electrons. The average Bonchev–Trinajstić information content (AvgIpc) is 3.07. The predicted molar refractivity (Wildman–Crippen MR) is 137 cm³/mol. The van der Waals surface area contributed by atoms with Gasteiger partial charge in [-0.25, -0.2) is 9.69 Å². The fourth-order valence-corrected chi connectivity index (χ4v) is 3.72. The summed E-state index contributed by atoms with van der Waals surface area (Å²) in [6.07, 6.45) is -0.325. The van der Waals surface area contributed by atoms with Gasteiger partial charge in [-0.1, -0.05) is 41.9 Å². The number of imide groups is 1. The molecule has 1 aliphatic rings. The van der Waals surface area contributed by atoms with E-state index in [1.165, 1.54) is 18.2 Å². The van der Waals surface area contributed by atoms with Crippen LogP contribution in [-0.2, 0) is 14.3 Å². The molecule has 0 atom stereocenters. The number of anilines is 3. The van der Waals surface area contributed by atoms with E-state index in [0.29, 0.717) is 16.9 Å². The highest BCUT2D eigenvalue weighted by Crippen LogP contribution is 2.31. The lowest BCUT2D eigenvalue weighted by atomic mass is 10.1. The summed E-state index contributed by atoms with van der Waals surface area (Å²) >= 11 is 6.23. The molecule has 1 heterocycles. The zero-order valence-corrected chi connectivity index (χ0v) is 20.2. The molecule has 0 fully saturated rings. The highest BCUT2D eigenvalue weighted by Gasteiger charge is 2.39. The van der Waals surface area contributed by atoms with Crippen LogP contribution in [0.4, 0.5) is 17.1 Å². The van der Waals surface area contributed by atoms with E-state index in [4.69, 9.17) is 16.3 Å². The second kappa shape index (κ2) is 10.5. The maximum absolute atomic E-state index is 13.2. The van der Waals surface area contributed by atoms with E-state index >= 15 is 0 Å². The number of halogens is 1. The van der Waals surface area contributed by atoms with Crippen molar-refractivity contribution < 1.29 is 23.9 Å². The normalized spacial score (nSPS) is 13.3. The Balaban J connectivity index is 1.53. The van der Waals surface area contributed by atoms with Gasteiger partial charge in [-0.15, -0.1) is 0 Å². The van der Waals surface area contributed by atoms with Gasteiger partial charge in [0.25, 0.3) is 17.7 Å². The van der Waals surface area contributed by atoms with Crippen molar-refractivity contribution in [2.75, 3.05) is 15.5 Å². The number of hydrogen-bond donors (Lipinski definition) is 2. The highest BCUT2D eigenvalue weighted by atomic mass is 35.5. The van der Waals surface area contributed by atoms with Gasteiger partial charge in [0.2, 0.25) is 0 Å². The number of carbonyl (C=O) groups excluding carboxylic acids is 4. The standard InChI is InChI=1S/C27H22ClN3O5/c1-16(2)36-27(35)18-9-7-13-21(15-18)31-25(33)22(28)23(26(31)34)29-20-12-6-8-17(14-20)24(32)30-19-10-4-3-5-11-19/h3-16,29H,1-2H3,(H,30,32). The van der Waals surface area contributed by atoms with Crippen molar-refractivity contribution in [2.45, 2.75) is 20.0 Å². The van der Waals surface area contributed by atoms with Crippen molar-refractivity contribution in [3.63, 3.8) is 0 Å². The molecule has 36 heavy (non-hydrogen) atoms. The number of nitrogens with one attached hydrogen (secondary N) is 2. The number of benzene rings is 3. The summed E-state index contributed by atoms with van der Waals surface area (Å²) in [5.41, 5.74) is 1.59. The molecule has 2 N–H and O–H groups in total. The Bertz CT molecular complexity index is 1380. The number of rotatable bonds is 7. The lowest BCUT2D eigenvalue weighted by Crippen LogP contribution is -2.32. The zero-order chi connectivity index (χ0) is 25.8. The van der Waals surface area contributed by atoms with E-state index in [0.717, 1.165) is 4.90 Å². The Hall–Kier alpha value is -4.43. The first-order valence-electron chi connectivity index (χ1n) is 11.1. The molecule has 0 saturated heterocycles. The van der Waals surface area contributed by atoms with Crippen LogP contribution in [0.25, 0.3) is 0 Å². The Morgan fingerprint density at radius 1 is 0.833 bits per heavy atom. The number of esters is 1. The zero-order valence-electron chi connectivity index (χ0n) is 19.4. The average molecular weight is 504 g/mol. The third-order valence-corrected chi connectivity index (χ3v) is 5.49. The second-order valence-corrected chi connectivity index (χ2v) is 8.54. The molecule has 9 heteroatoms. The molecule has 0 saturated carbocycles. The van der Waals surface area contributed by atoms with Crippen LogP contribution < -0.4 is 15.5 Å². The minimum Gasteiger partial charge on any atom is -0.459 e. The van der Waals surface area contributed by atoms with Crippen LogP contribution >= 0.6 is 11.6 Å². The van der Waals surface area contributed by atoms with Crippen molar-refractivity contribution in [1.82, 2.24) is 0 Å². The van der Waals surface area contributed by atoms with Crippen LogP contribution in [0.15, 0.2) is 89.6 Å². The highest BCUT2D eigenvalue weighted by molar-refractivity contribution is 6.53.